The van der Waals surface area contributed by atoms with Crippen LogP contribution < -0.4 is 10.1 Å². The molecule has 130 valence electrons. The highest BCUT2D eigenvalue weighted by molar-refractivity contribution is 6.33. The Morgan fingerprint density at radius 3 is 2.84 bits per heavy atom. The van der Waals surface area contributed by atoms with E-state index in [0.29, 0.717) is 10.8 Å². The fraction of sp³-hybridized carbons (Fsp3) is 0.211. The highest BCUT2D eigenvalue weighted by atomic mass is 35.5. The highest BCUT2D eigenvalue weighted by Crippen LogP contribution is 2.29. The Bertz CT molecular complexity index is 891. The molecule has 0 saturated heterocycles. The molecule has 5 nitrogen and oxygen atoms in total. The van der Waals surface area contributed by atoms with E-state index >= 15 is 0 Å². The first-order valence-electron chi connectivity index (χ1n) is 7.99. The average Bonchev–Trinajstić information content (AvgIpc) is 2.98. The Morgan fingerprint density at radius 1 is 1.28 bits per heavy atom. The molecule has 0 radical (unpaired) electrons. The fourth-order valence-corrected chi connectivity index (χ4v) is 3.03. The number of rotatable bonds is 7. The van der Waals surface area contributed by atoms with Crippen LogP contribution in [0.25, 0.3) is 10.9 Å². The lowest BCUT2D eigenvalue weighted by Crippen LogP contribution is -2.18. The largest absolute Gasteiger partial charge is 0.480 e. The van der Waals surface area contributed by atoms with Gasteiger partial charge in [-0.05, 0) is 37.1 Å². The minimum absolute atomic E-state index is 0.169. The maximum absolute atomic E-state index is 10.7. The second-order valence-electron chi connectivity index (χ2n) is 5.90. The van der Waals surface area contributed by atoms with Crippen molar-refractivity contribution < 1.29 is 14.6 Å². The van der Waals surface area contributed by atoms with Crippen LogP contribution in [0.1, 0.15) is 12.5 Å². The zero-order valence-corrected chi connectivity index (χ0v) is 14.5. The maximum atomic E-state index is 10.7. The number of para-hydroxylation sites is 2. The van der Waals surface area contributed by atoms with Crippen molar-refractivity contribution in [2.45, 2.75) is 19.4 Å². The Kier molecular flexibility index (Phi) is 5.14. The second-order valence-corrected chi connectivity index (χ2v) is 6.31. The lowest BCUT2D eigenvalue weighted by Gasteiger charge is -2.16. The number of halogens is 1. The standard InChI is InChI=1S/C19H19ClN2O3/c1-12(22-16-7-3-2-6-15(16)20)9-13-10-21-19-14(13)5-4-8-17(19)25-11-18(23)24/h2-8,10,12,21-22H,9,11H2,1H3,(H,23,24)/t12-/m1/s1. The summed E-state index contributed by atoms with van der Waals surface area (Å²) in [6, 6.07) is 13.4. The van der Waals surface area contributed by atoms with Gasteiger partial charge in [0.1, 0.15) is 5.75 Å². The Morgan fingerprint density at radius 2 is 2.08 bits per heavy atom. The minimum Gasteiger partial charge on any atom is -0.480 e. The van der Waals surface area contributed by atoms with Crippen LogP contribution in [0.3, 0.4) is 0 Å². The highest BCUT2D eigenvalue weighted by Gasteiger charge is 2.13. The number of anilines is 1. The van der Waals surface area contributed by atoms with Crippen LogP contribution in [-0.4, -0.2) is 28.7 Å². The molecule has 0 fully saturated rings. The second kappa shape index (κ2) is 7.49. The molecule has 3 aromatic rings. The summed E-state index contributed by atoms with van der Waals surface area (Å²) in [7, 11) is 0. The van der Waals surface area contributed by atoms with Crippen LogP contribution in [0.2, 0.25) is 5.02 Å². The Balaban J connectivity index is 1.76. The molecular weight excluding hydrogens is 340 g/mol. The topological polar surface area (TPSA) is 74.4 Å². The normalized spacial score (nSPS) is 12.1. The summed E-state index contributed by atoms with van der Waals surface area (Å²) in [6.07, 6.45) is 2.72. The predicted molar refractivity (Wildman–Crippen MR) is 99.7 cm³/mol. The van der Waals surface area contributed by atoms with Crippen molar-refractivity contribution >= 4 is 34.2 Å². The lowest BCUT2D eigenvalue weighted by molar-refractivity contribution is -0.139. The molecule has 0 saturated carbocycles. The molecule has 3 N–H and O–H groups in total. The zero-order valence-electron chi connectivity index (χ0n) is 13.8. The molecule has 2 aromatic carbocycles. The third kappa shape index (κ3) is 4.06. The van der Waals surface area contributed by atoms with E-state index in [1.807, 2.05) is 42.6 Å². The molecule has 0 aliphatic heterocycles. The van der Waals surface area contributed by atoms with Crippen LogP contribution >= 0.6 is 11.6 Å². The molecule has 0 amide bonds. The quantitative estimate of drug-likeness (QED) is 0.587. The van der Waals surface area contributed by atoms with E-state index in [2.05, 4.69) is 17.2 Å². The molecule has 3 rings (SSSR count). The summed E-state index contributed by atoms with van der Waals surface area (Å²) in [6.45, 7) is 1.73. The van der Waals surface area contributed by atoms with Crippen molar-refractivity contribution in [1.29, 1.82) is 0 Å². The molecule has 0 aliphatic rings. The third-order valence-corrected chi connectivity index (χ3v) is 4.25. The van der Waals surface area contributed by atoms with Crippen LogP contribution in [0.15, 0.2) is 48.7 Å². The smallest absolute Gasteiger partial charge is 0.341 e. The van der Waals surface area contributed by atoms with Gasteiger partial charge in [0.2, 0.25) is 0 Å². The van der Waals surface area contributed by atoms with E-state index < -0.39 is 5.97 Å². The monoisotopic (exact) mass is 358 g/mol. The SMILES string of the molecule is C[C@H](Cc1c[nH]c2c(OCC(=O)O)cccc12)Nc1ccccc1Cl. The molecule has 1 aromatic heterocycles. The molecule has 1 atom stereocenters. The number of fused-ring (bicyclic) bond motifs is 1. The van der Waals surface area contributed by atoms with E-state index in [9.17, 15) is 4.79 Å². The van der Waals surface area contributed by atoms with Gasteiger partial charge >= 0.3 is 5.97 Å². The van der Waals surface area contributed by atoms with E-state index in [1.165, 1.54) is 0 Å². The maximum Gasteiger partial charge on any atom is 0.341 e. The van der Waals surface area contributed by atoms with E-state index in [1.54, 1.807) is 6.07 Å². The van der Waals surface area contributed by atoms with Crippen molar-refractivity contribution in [2.75, 3.05) is 11.9 Å². The predicted octanol–water partition coefficient (Wildman–Crippen LogP) is 4.33. The summed E-state index contributed by atoms with van der Waals surface area (Å²) in [5.74, 6) is -0.459. The van der Waals surface area contributed by atoms with Gasteiger partial charge in [-0.2, -0.15) is 0 Å². The van der Waals surface area contributed by atoms with E-state index in [4.69, 9.17) is 21.4 Å². The van der Waals surface area contributed by atoms with E-state index in [0.717, 1.165) is 28.6 Å². The Labute approximate surface area is 150 Å². The third-order valence-electron chi connectivity index (χ3n) is 3.92. The van der Waals surface area contributed by atoms with Gasteiger partial charge in [-0.15, -0.1) is 0 Å². The van der Waals surface area contributed by atoms with Gasteiger partial charge in [-0.25, -0.2) is 4.79 Å². The molecular formula is C19H19ClN2O3. The first-order chi connectivity index (χ1) is 12.0. The number of carboxylic acid groups (broad SMARTS) is 1. The number of ether oxygens (including phenoxy) is 1. The summed E-state index contributed by atoms with van der Waals surface area (Å²) in [5, 5.41) is 13.9. The summed E-state index contributed by atoms with van der Waals surface area (Å²) in [5.41, 5.74) is 2.84. The van der Waals surface area contributed by atoms with Gasteiger partial charge in [0, 0.05) is 17.6 Å². The van der Waals surface area contributed by atoms with Gasteiger partial charge in [-0.3, -0.25) is 0 Å². The van der Waals surface area contributed by atoms with Gasteiger partial charge in [0.15, 0.2) is 6.61 Å². The van der Waals surface area contributed by atoms with Crippen LogP contribution in [0.4, 0.5) is 5.69 Å². The first-order valence-corrected chi connectivity index (χ1v) is 8.37. The molecule has 1 heterocycles. The number of hydrogen-bond acceptors (Lipinski definition) is 3. The number of nitrogens with one attached hydrogen (secondary N) is 2. The number of aliphatic carboxylic acids is 1. The average molecular weight is 359 g/mol. The van der Waals surface area contributed by atoms with Gasteiger partial charge in [-0.1, -0.05) is 35.9 Å². The molecule has 25 heavy (non-hydrogen) atoms. The number of carbonyl (C=O) groups is 1. The number of aromatic amines is 1. The van der Waals surface area contributed by atoms with Crippen LogP contribution in [-0.2, 0) is 11.2 Å². The number of H-pyrrole nitrogens is 1. The minimum atomic E-state index is -0.999. The van der Waals surface area contributed by atoms with Crippen LogP contribution in [0, 0.1) is 0 Å². The first kappa shape index (κ1) is 17.2. The summed E-state index contributed by atoms with van der Waals surface area (Å²) >= 11 is 6.19. The van der Waals surface area contributed by atoms with Gasteiger partial charge in [0.05, 0.1) is 16.2 Å². The fourth-order valence-electron chi connectivity index (χ4n) is 2.84. The molecule has 0 spiro atoms. The van der Waals surface area contributed by atoms with Crippen molar-refractivity contribution in [3.8, 4) is 5.75 Å². The van der Waals surface area contributed by atoms with Crippen molar-refractivity contribution in [2.24, 2.45) is 0 Å². The van der Waals surface area contributed by atoms with Crippen molar-refractivity contribution in [1.82, 2.24) is 4.98 Å². The molecule has 0 bridgehead atoms. The van der Waals surface area contributed by atoms with Crippen molar-refractivity contribution in [3.63, 3.8) is 0 Å². The Hall–Kier alpha value is -2.66. The summed E-state index contributed by atoms with van der Waals surface area (Å²) in [4.78, 5) is 13.9. The molecule has 0 aliphatic carbocycles. The number of carboxylic acids is 1. The number of aromatic nitrogens is 1. The van der Waals surface area contributed by atoms with E-state index in [-0.39, 0.29) is 12.6 Å². The zero-order chi connectivity index (χ0) is 17.8. The van der Waals surface area contributed by atoms with Gasteiger partial charge < -0.3 is 20.1 Å². The van der Waals surface area contributed by atoms with Crippen LogP contribution in [0.5, 0.6) is 5.75 Å². The van der Waals surface area contributed by atoms with Crippen molar-refractivity contribution in [3.05, 3.63) is 59.2 Å². The summed E-state index contributed by atoms with van der Waals surface area (Å²) < 4.78 is 5.35. The molecule has 0 unspecified atom stereocenters. The van der Waals surface area contributed by atoms with Gasteiger partial charge in [0.25, 0.3) is 0 Å². The lowest BCUT2D eigenvalue weighted by atomic mass is 10.1. The molecule has 6 heteroatoms. The number of benzene rings is 2. The number of hydrogen-bond donors (Lipinski definition) is 3.